The fourth-order valence-corrected chi connectivity index (χ4v) is 2.77. The van der Waals surface area contributed by atoms with E-state index in [4.69, 9.17) is 5.73 Å². The minimum absolute atomic E-state index is 0.508. The second kappa shape index (κ2) is 11.5. The molecule has 5 heteroatoms. The molecule has 0 saturated carbocycles. The summed E-state index contributed by atoms with van der Waals surface area (Å²) in [5.41, 5.74) is 8.88. The Kier molecular flexibility index (Phi) is 9.66. The highest BCUT2D eigenvalue weighted by Gasteiger charge is 2.11. The summed E-state index contributed by atoms with van der Waals surface area (Å²) in [4.78, 5) is 8.89. The number of aryl methyl sites for hydroxylation is 1. The number of pyridine rings is 1. The summed E-state index contributed by atoms with van der Waals surface area (Å²) < 4.78 is 2.20. The Balaban J connectivity index is 0.000000791. The van der Waals surface area contributed by atoms with E-state index in [0.29, 0.717) is 11.9 Å². The highest BCUT2D eigenvalue weighted by Crippen LogP contribution is 2.27. The van der Waals surface area contributed by atoms with Crippen molar-refractivity contribution in [3.63, 3.8) is 0 Å². The van der Waals surface area contributed by atoms with Crippen LogP contribution in [0, 0.1) is 0 Å². The van der Waals surface area contributed by atoms with Gasteiger partial charge in [0, 0.05) is 18.0 Å². The van der Waals surface area contributed by atoms with Gasteiger partial charge in [0.1, 0.15) is 5.52 Å². The minimum atomic E-state index is 0.508. The van der Waals surface area contributed by atoms with E-state index >= 15 is 0 Å². The van der Waals surface area contributed by atoms with Crippen LogP contribution in [-0.2, 0) is 6.54 Å². The first kappa shape index (κ1) is 21.9. The van der Waals surface area contributed by atoms with Crippen LogP contribution in [-0.4, -0.2) is 27.1 Å². The van der Waals surface area contributed by atoms with E-state index in [1.54, 1.807) is 0 Å². The van der Waals surface area contributed by atoms with E-state index in [0.717, 1.165) is 47.9 Å². The van der Waals surface area contributed by atoms with Crippen LogP contribution < -0.4 is 11.1 Å². The summed E-state index contributed by atoms with van der Waals surface area (Å²) in [5.74, 6) is 0.508. The number of unbranched alkanes of at least 4 members (excludes halogenated alkanes) is 1. The number of fused-ring (bicyclic) bond motifs is 3. The molecule has 0 aliphatic carbocycles. The molecule has 0 aliphatic heterocycles. The molecule has 1 aromatic carbocycles. The summed E-state index contributed by atoms with van der Waals surface area (Å²) in [7, 11) is 0. The maximum atomic E-state index is 6.05. The van der Waals surface area contributed by atoms with Crippen molar-refractivity contribution < 1.29 is 0 Å². The van der Waals surface area contributed by atoms with Crippen LogP contribution in [0.15, 0.2) is 30.6 Å². The Morgan fingerprint density at radius 2 is 1.77 bits per heavy atom. The Morgan fingerprint density at radius 1 is 1.08 bits per heavy atom. The lowest BCUT2D eigenvalue weighted by Gasteiger charge is -2.09. The van der Waals surface area contributed by atoms with Gasteiger partial charge < -0.3 is 15.6 Å². The number of imidazole rings is 1. The standard InChI is InChI=1S/C17H23N5.2C2H6/c1-12(2)19-9-5-6-10-22-11-20-15-16(22)13-7-3-4-8-14(13)21-17(15)18;2*1-2/h3-4,7-8,11-12,19H,5-6,9-10H2,1-2H3,(H2,18,21);2*1-2H3. The van der Waals surface area contributed by atoms with Gasteiger partial charge in [-0.25, -0.2) is 9.97 Å². The predicted octanol–water partition coefficient (Wildman–Crippen LogP) is 5.00. The Hall–Kier alpha value is -2.14. The van der Waals surface area contributed by atoms with E-state index in [9.17, 15) is 0 Å². The summed E-state index contributed by atoms with van der Waals surface area (Å²) in [6.07, 6.45) is 4.14. The van der Waals surface area contributed by atoms with Crippen molar-refractivity contribution >= 4 is 27.8 Å². The van der Waals surface area contributed by atoms with Gasteiger partial charge >= 0.3 is 0 Å². The first-order valence-electron chi connectivity index (χ1n) is 9.89. The molecular formula is C21H35N5. The Morgan fingerprint density at radius 3 is 2.46 bits per heavy atom. The molecule has 0 radical (unpaired) electrons. The zero-order valence-electron chi connectivity index (χ0n) is 17.2. The van der Waals surface area contributed by atoms with E-state index in [1.807, 2.05) is 52.2 Å². The lowest BCUT2D eigenvalue weighted by molar-refractivity contribution is 0.535. The lowest BCUT2D eigenvalue weighted by atomic mass is 10.2. The maximum absolute atomic E-state index is 6.05. The molecular weight excluding hydrogens is 322 g/mol. The van der Waals surface area contributed by atoms with Crippen LogP contribution in [0.5, 0.6) is 0 Å². The lowest BCUT2D eigenvalue weighted by Crippen LogP contribution is -2.23. The third kappa shape index (κ3) is 5.43. The van der Waals surface area contributed by atoms with Crippen LogP contribution in [0.2, 0.25) is 0 Å². The van der Waals surface area contributed by atoms with E-state index in [1.165, 1.54) is 0 Å². The smallest absolute Gasteiger partial charge is 0.152 e. The molecule has 0 spiro atoms. The van der Waals surface area contributed by atoms with Gasteiger partial charge in [-0.05, 0) is 25.5 Å². The molecule has 3 rings (SSSR count). The van der Waals surface area contributed by atoms with Crippen molar-refractivity contribution in [3.05, 3.63) is 30.6 Å². The average molecular weight is 358 g/mol. The van der Waals surface area contributed by atoms with Gasteiger partial charge in [-0.15, -0.1) is 0 Å². The summed E-state index contributed by atoms with van der Waals surface area (Å²) >= 11 is 0. The molecule has 26 heavy (non-hydrogen) atoms. The fourth-order valence-electron chi connectivity index (χ4n) is 2.77. The van der Waals surface area contributed by atoms with Crippen molar-refractivity contribution in [2.45, 2.75) is 67.0 Å². The second-order valence-electron chi connectivity index (χ2n) is 5.97. The minimum Gasteiger partial charge on any atom is -0.382 e. The SMILES string of the molecule is CC.CC.CC(C)NCCCCn1cnc2c(N)nc3ccccc3c21. The first-order chi connectivity index (χ1) is 12.7. The first-order valence-corrected chi connectivity index (χ1v) is 9.89. The average Bonchev–Trinajstić information content (AvgIpc) is 3.10. The zero-order valence-corrected chi connectivity index (χ0v) is 17.2. The number of anilines is 1. The van der Waals surface area contributed by atoms with Gasteiger partial charge in [0.2, 0.25) is 0 Å². The zero-order chi connectivity index (χ0) is 19.5. The van der Waals surface area contributed by atoms with Crippen LogP contribution in [0.25, 0.3) is 21.9 Å². The van der Waals surface area contributed by atoms with E-state index in [2.05, 4.69) is 39.8 Å². The number of nitrogens with zero attached hydrogens (tertiary/aromatic N) is 3. The third-order valence-electron chi connectivity index (χ3n) is 3.86. The second-order valence-corrected chi connectivity index (χ2v) is 5.97. The third-order valence-corrected chi connectivity index (χ3v) is 3.86. The molecule has 0 atom stereocenters. The number of nitrogens with one attached hydrogen (secondary N) is 1. The quantitative estimate of drug-likeness (QED) is 0.609. The summed E-state index contributed by atoms with van der Waals surface area (Å²) in [6.45, 7) is 14.3. The largest absolute Gasteiger partial charge is 0.382 e. The Labute approximate surface area is 158 Å². The van der Waals surface area contributed by atoms with Gasteiger partial charge in [0.25, 0.3) is 0 Å². The summed E-state index contributed by atoms with van der Waals surface area (Å²) in [6, 6.07) is 8.64. The van der Waals surface area contributed by atoms with Crippen molar-refractivity contribution in [2.24, 2.45) is 0 Å². The van der Waals surface area contributed by atoms with Crippen LogP contribution in [0.3, 0.4) is 0 Å². The molecule has 0 aliphatic rings. The Bertz CT molecular complexity index is 777. The number of nitrogen functional groups attached to an aromatic ring is 1. The monoisotopic (exact) mass is 357 g/mol. The van der Waals surface area contributed by atoms with Crippen LogP contribution in [0.4, 0.5) is 5.82 Å². The predicted molar refractivity (Wildman–Crippen MR) is 115 cm³/mol. The molecule has 0 unspecified atom stereocenters. The molecule has 0 amide bonds. The fraction of sp³-hybridized carbons (Fsp3) is 0.524. The maximum Gasteiger partial charge on any atom is 0.152 e. The molecule has 2 aromatic heterocycles. The van der Waals surface area contributed by atoms with E-state index in [-0.39, 0.29) is 0 Å². The molecule has 0 fully saturated rings. The normalized spacial score (nSPS) is 10.4. The highest BCUT2D eigenvalue weighted by molar-refractivity contribution is 6.06. The van der Waals surface area contributed by atoms with Gasteiger partial charge in [0.15, 0.2) is 5.82 Å². The number of benzene rings is 1. The molecule has 2 heterocycles. The topological polar surface area (TPSA) is 68.8 Å². The van der Waals surface area contributed by atoms with Gasteiger partial charge in [0.05, 0.1) is 17.4 Å². The molecule has 144 valence electrons. The molecule has 3 aromatic rings. The van der Waals surface area contributed by atoms with Crippen molar-refractivity contribution in [3.8, 4) is 0 Å². The van der Waals surface area contributed by atoms with Gasteiger partial charge in [-0.2, -0.15) is 0 Å². The van der Waals surface area contributed by atoms with Crippen LogP contribution in [0.1, 0.15) is 54.4 Å². The number of nitrogens with two attached hydrogens (primary N) is 1. The number of rotatable bonds is 6. The summed E-state index contributed by atoms with van der Waals surface area (Å²) in [5, 5.41) is 4.56. The van der Waals surface area contributed by atoms with Gasteiger partial charge in [-0.1, -0.05) is 59.7 Å². The number of para-hydroxylation sites is 1. The van der Waals surface area contributed by atoms with Crippen LogP contribution >= 0.6 is 0 Å². The number of aromatic nitrogens is 3. The number of hydrogen-bond donors (Lipinski definition) is 2. The molecule has 5 nitrogen and oxygen atoms in total. The van der Waals surface area contributed by atoms with Crippen molar-refractivity contribution in [1.29, 1.82) is 0 Å². The van der Waals surface area contributed by atoms with E-state index < -0.39 is 0 Å². The van der Waals surface area contributed by atoms with Crippen molar-refractivity contribution in [2.75, 3.05) is 12.3 Å². The van der Waals surface area contributed by atoms with Crippen molar-refractivity contribution in [1.82, 2.24) is 19.9 Å². The highest BCUT2D eigenvalue weighted by atomic mass is 15.1. The molecule has 0 saturated heterocycles. The number of hydrogen-bond acceptors (Lipinski definition) is 4. The molecule has 3 N–H and O–H groups in total. The molecule has 0 bridgehead atoms. The van der Waals surface area contributed by atoms with Gasteiger partial charge in [-0.3, -0.25) is 0 Å².